The minimum atomic E-state index is -0.459. The molecule has 140 valence electrons. The van der Waals surface area contributed by atoms with Gasteiger partial charge in [-0.25, -0.2) is 9.59 Å². The Balaban J connectivity index is 1.60. The lowest BCUT2D eigenvalue weighted by atomic mass is 10.0. The molecule has 7 heteroatoms. The first-order valence-corrected chi connectivity index (χ1v) is 9.14. The predicted molar refractivity (Wildman–Crippen MR) is 93.5 cm³/mol. The fraction of sp³-hybridized carbons (Fsp3) is 0.778. The molecule has 3 heterocycles. The second-order valence-electron chi connectivity index (χ2n) is 8.10. The third-order valence-electron chi connectivity index (χ3n) is 5.02. The van der Waals surface area contributed by atoms with Gasteiger partial charge in [0.15, 0.2) is 0 Å². The van der Waals surface area contributed by atoms with Gasteiger partial charge in [0.1, 0.15) is 11.4 Å². The summed E-state index contributed by atoms with van der Waals surface area (Å²) in [6.45, 7) is 8.10. The van der Waals surface area contributed by atoms with Gasteiger partial charge in [0, 0.05) is 26.2 Å². The zero-order valence-corrected chi connectivity index (χ0v) is 15.7. The van der Waals surface area contributed by atoms with Crippen LogP contribution in [0.15, 0.2) is 15.4 Å². The van der Waals surface area contributed by atoms with Gasteiger partial charge < -0.3 is 14.1 Å². The molecule has 0 aromatic carbocycles. The SMILES string of the molecule is Cn1cc([C@H]2CCCN2C2CCN(C(=O)OC(C)(C)C)CC2)oc1=O. The molecule has 1 atom stereocenters. The normalized spacial score (nSPS) is 23.2. The van der Waals surface area contributed by atoms with Gasteiger partial charge in [-0.2, -0.15) is 0 Å². The molecule has 1 aromatic rings. The second kappa shape index (κ2) is 6.86. The van der Waals surface area contributed by atoms with Crippen molar-refractivity contribution in [2.75, 3.05) is 19.6 Å². The van der Waals surface area contributed by atoms with Crippen molar-refractivity contribution in [2.24, 2.45) is 7.05 Å². The lowest BCUT2D eigenvalue weighted by molar-refractivity contribution is 0.0128. The Morgan fingerprint density at radius 2 is 1.88 bits per heavy atom. The van der Waals surface area contributed by atoms with Gasteiger partial charge in [0.2, 0.25) is 0 Å². The van der Waals surface area contributed by atoms with E-state index in [-0.39, 0.29) is 17.9 Å². The van der Waals surface area contributed by atoms with Crippen molar-refractivity contribution in [1.82, 2.24) is 14.4 Å². The molecule has 0 radical (unpaired) electrons. The number of piperidine rings is 1. The van der Waals surface area contributed by atoms with Crippen LogP contribution >= 0.6 is 0 Å². The van der Waals surface area contributed by atoms with Crippen LogP contribution in [-0.2, 0) is 11.8 Å². The third kappa shape index (κ3) is 4.08. The summed E-state index contributed by atoms with van der Waals surface area (Å²) in [7, 11) is 1.72. The van der Waals surface area contributed by atoms with E-state index in [1.54, 1.807) is 18.1 Å². The molecule has 2 aliphatic rings. The average molecular weight is 351 g/mol. The van der Waals surface area contributed by atoms with Crippen LogP contribution in [0, 0.1) is 0 Å². The van der Waals surface area contributed by atoms with Crippen LogP contribution in [0.5, 0.6) is 0 Å². The highest BCUT2D eigenvalue weighted by atomic mass is 16.6. The number of oxazole rings is 1. The number of carbonyl (C=O) groups is 1. The van der Waals surface area contributed by atoms with E-state index in [9.17, 15) is 9.59 Å². The molecule has 1 amide bonds. The van der Waals surface area contributed by atoms with E-state index in [4.69, 9.17) is 9.15 Å². The molecule has 0 saturated carbocycles. The molecule has 0 aliphatic carbocycles. The predicted octanol–water partition coefficient (Wildman–Crippen LogP) is 2.51. The van der Waals surface area contributed by atoms with Gasteiger partial charge in [-0.3, -0.25) is 9.47 Å². The number of amides is 1. The van der Waals surface area contributed by atoms with Crippen LogP contribution in [0.2, 0.25) is 0 Å². The highest BCUT2D eigenvalue weighted by Gasteiger charge is 2.37. The molecule has 2 saturated heterocycles. The lowest BCUT2D eigenvalue weighted by Gasteiger charge is -2.39. The number of hydrogen-bond donors (Lipinski definition) is 0. The first kappa shape index (κ1) is 18.0. The van der Waals surface area contributed by atoms with Gasteiger partial charge in [-0.1, -0.05) is 0 Å². The number of aromatic nitrogens is 1. The molecule has 1 aromatic heterocycles. The summed E-state index contributed by atoms with van der Waals surface area (Å²) in [5.74, 6) is 0.459. The summed E-state index contributed by atoms with van der Waals surface area (Å²) in [5, 5.41) is 0. The lowest BCUT2D eigenvalue weighted by Crippen LogP contribution is -2.47. The zero-order valence-electron chi connectivity index (χ0n) is 15.7. The Hall–Kier alpha value is -1.76. The van der Waals surface area contributed by atoms with E-state index in [2.05, 4.69) is 4.90 Å². The van der Waals surface area contributed by atoms with Crippen molar-refractivity contribution < 1.29 is 13.9 Å². The largest absolute Gasteiger partial charge is 0.444 e. The molecule has 0 N–H and O–H groups in total. The van der Waals surface area contributed by atoms with Crippen LogP contribution < -0.4 is 5.76 Å². The summed E-state index contributed by atoms with van der Waals surface area (Å²) in [4.78, 5) is 28.1. The van der Waals surface area contributed by atoms with Gasteiger partial charge in [0.05, 0.1) is 12.2 Å². The van der Waals surface area contributed by atoms with Gasteiger partial charge in [0.25, 0.3) is 0 Å². The summed E-state index contributed by atoms with van der Waals surface area (Å²) in [6.07, 6.45) is 5.55. The summed E-state index contributed by atoms with van der Waals surface area (Å²) >= 11 is 0. The molecule has 25 heavy (non-hydrogen) atoms. The molecule has 3 rings (SSSR count). The van der Waals surface area contributed by atoms with Crippen molar-refractivity contribution >= 4 is 6.09 Å². The molecule has 2 fully saturated rings. The maximum Gasteiger partial charge on any atom is 0.418 e. The van der Waals surface area contributed by atoms with E-state index in [0.29, 0.717) is 19.1 Å². The first-order chi connectivity index (χ1) is 11.7. The number of likely N-dealkylation sites (tertiary alicyclic amines) is 2. The number of hydrogen-bond acceptors (Lipinski definition) is 5. The number of carbonyl (C=O) groups excluding carboxylic acids is 1. The number of nitrogens with zero attached hydrogens (tertiary/aromatic N) is 3. The highest BCUT2D eigenvalue weighted by molar-refractivity contribution is 5.68. The van der Waals surface area contributed by atoms with E-state index < -0.39 is 5.60 Å². The summed E-state index contributed by atoms with van der Waals surface area (Å²) in [6, 6.07) is 0.587. The maximum absolute atomic E-state index is 12.2. The van der Waals surface area contributed by atoms with Crippen molar-refractivity contribution in [3.63, 3.8) is 0 Å². The van der Waals surface area contributed by atoms with Crippen LogP contribution in [0.25, 0.3) is 0 Å². The number of aryl methyl sites for hydroxylation is 1. The quantitative estimate of drug-likeness (QED) is 0.819. The van der Waals surface area contributed by atoms with Gasteiger partial charge in [-0.05, 0) is 53.0 Å². The fourth-order valence-corrected chi connectivity index (χ4v) is 3.83. The molecular formula is C18H29N3O4. The molecular weight excluding hydrogens is 322 g/mol. The van der Waals surface area contributed by atoms with Crippen molar-refractivity contribution in [2.45, 2.75) is 64.1 Å². The van der Waals surface area contributed by atoms with Gasteiger partial charge >= 0.3 is 11.8 Å². The first-order valence-electron chi connectivity index (χ1n) is 9.14. The third-order valence-corrected chi connectivity index (χ3v) is 5.02. The monoisotopic (exact) mass is 351 g/mol. The Morgan fingerprint density at radius 1 is 1.20 bits per heavy atom. The Labute approximate surface area is 148 Å². The van der Waals surface area contributed by atoms with E-state index in [0.717, 1.165) is 38.0 Å². The topological polar surface area (TPSA) is 67.9 Å². The summed E-state index contributed by atoms with van der Waals surface area (Å²) < 4.78 is 12.4. The van der Waals surface area contributed by atoms with E-state index in [1.165, 1.54) is 4.57 Å². The molecule has 2 aliphatic heterocycles. The van der Waals surface area contributed by atoms with Crippen molar-refractivity contribution in [1.29, 1.82) is 0 Å². The average Bonchev–Trinajstić information content (AvgIpc) is 3.13. The van der Waals surface area contributed by atoms with E-state index >= 15 is 0 Å². The standard InChI is InChI=1S/C18H29N3O4/c1-18(2,3)25-17(23)20-10-7-13(8-11-20)21-9-5-6-14(21)15-12-19(4)16(22)24-15/h12-14H,5-11H2,1-4H3/t14-/m1/s1. The van der Waals surface area contributed by atoms with Crippen LogP contribution in [-0.4, -0.2) is 51.7 Å². The summed E-state index contributed by atoms with van der Waals surface area (Å²) in [5.41, 5.74) is -0.459. The van der Waals surface area contributed by atoms with Crippen molar-refractivity contribution in [3.05, 3.63) is 22.5 Å². The molecule has 0 spiro atoms. The van der Waals surface area contributed by atoms with Crippen LogP contribution in [0.4, 0.5) is 4.79 Å². The second-order valence-corrected chi connectivity index (χ2v) is 8.10. The van der Waals surface area contributed by atoms with Gasteiger partial charge in [-0.15, -0.1) is 0 Å². The zero-order chi connectivity index (χ0) is 18.2. The minimum Gasteiger partial charge on any atom is -0.444 e. The number of rotatable bonds is 2. The van der Waals surface area contributed by atoms with Crippen LogP contribution in [0.1, 0.15) is 58.3 Å². The highest BCUT2D eigenvalue weighted by Crippen LogP contribution is 2.35. The Morgan fingerprint density at radius 3 is 2.44 bits per heavy atom. The smallest absolute Gasteiger partial charge is 0.418 e. The molecule has 0 unspecified atom stereocenters. The molecule has 7 nitrogen and oxygen atoms in total. The maximum atomic E-state index is 12.2. The molecule has 0 bridgehead atoms. The Bertz CT molecular complexity index is 665. The number of ether oxygens (including phenoxy) is 1. The van der Waals surface area contributed by atoms with Crippen LogP contribution in [0.3, 0.4) is 0 Å². The van der Waals surface area contributed by atoms with Crippen molar-refractivity contribution in [3.8, 4) is 0 Å². The minimum absolute atomic E-state index is 0.173. The Kier molecular flexibility index (Phi) is 4.95. The van der Waals surface area contributed by atoms with E-state index in [1.807, 2.05) is 20.8 Å². The fourth-order valence-electron chi connectivity index (χ4n) is 3.83.